The van der Waals surface area contributed by atoms with Crippen LogP contribution in [0.3, 0.4) is 0 Å². The molecule has 0 aliphatic heterocycles. The highest BCUT2D eigenvalue weighted by Crippen LogP contribution is 2.44. The summed E-state index contributed by atoms with van der Waals surface area (Å²) in [6.45, 7) is 8.96. The second kappa shape index (κ2) is 7.26. The van der Waals surface area contributed by atoms with Gasteiger partial charge in [0.05, 0.1) is 0 Å². The molecular formula is C19H31N. The Morgan fingerprint density at radius 3 is 2.50 bits per heavy atom. The monoisotopic (exact) mass is 273 g/mol. The molecule has 0 atom stereocenters. The first-order chi connectivity index (χ1) is 9.65. The number of hydrogen-bond donors (Lipinski definition) is 1. The van der Waals surface area contributed by atoms with E-state index in [2.05, 4.69) is 44.3 Å². The van der Waals surface area contributed by atoms with E-state index in [0.29, 0.717) is 5.41 Å². The van der Waals surface area contributed by atoms with Gasteiger partial charge in [0.1, 0.15) is 0 Å². The van der Waals surface area contributed by atoms with Gasteiger partial charge in [0.25, 0.3) is 0 Å². The largest absolute Gasteiger partial charge is 0.317 e. The average Bonchev–Trinajstić information content (AvgIpc) is 2.87. The van der Waals surface area contributed by atoms with Gasteiger partial charge in [-0.05, 0) is 75.6 Å². The fraction of sp³-hybridized carbons (Fsp3) is 0.684. The molecule has 1 nitrogen and oxygen atoms in total. The minimum absolute atomic E-state index is 0.625. The van der Waals surface area contributed by atoms with Crippen LogP contribution in [0.25, 0.3) is 0 Å². The van der Waals surface area contributed by atoms with Gasteiger partial charge in [0.15, 0.2) is 0 Å². The summed E-state index contributed by atoms with van der Waals surface area (Å²) in [5, 5.41) is 3.52. The third-order valence-electron chi connectivity index (χ3n) is 5.17. The first-order valence-electron chi connectivity index (χ1n) is 8.42. The van der Waals surface area contributed by atoms with E-state index < -0.39 is 0 Å². The highest BCUT2D eigenvalue weighted by Gasteiger charge is 2.32. The van der Waals surface area contributed by atoms with Gasteiger partial charge < -0.3 is 5.32 Å². The number of nitrogens with one attached hydrogen (secondary N) is 1. The SMILES string of the molecule is CCNCCC1(CCc2ccc(C)cc2C)CCCC1. The van der Waals surface area contributed by atoms with Gasteiger partial charge >= 0.3 is 0 Å². The lowest BCUT2D eigenvalue weighted by Gasteiger charge is -2.29. The Morgan fingerprint density at radius 2 is 1.85 bits per heavy atom. The average molecular weight is 273 g/mol. The van der Waals surface area contributed by atoms with E-state index in [1.54, 1.807) is 5.56 Å². The summed E-state index contributed by atoms with van der Waals surface area (Å²) >= 11 is 0. The van der Waals surface area contributed by atoms with Gasteiger partial charge in [-0.3, -0.25) is 0 Å². The maximum absolute atomic E-state index is 3.52. The van der Waals surface area contributed by atoms with Crippen molar-refractivity contribution in [2.45, 2.75) is 65.7 Å². The normalized spacial score (nSPS) is 17.6. The summed E-state index contributed by atoms with van der Waals surface area (Å²) in [5.74, 6) is 0. The van der Waals surface area contributed by atoms with Gasteiger partial charge in [-0.15, -0.1) is 0 Å². The number of benzene rings is 1. The molecule has 1 aliphatic rings. The van der Waals surface area contributed by atoms with Crippen LogP contribution in [0, 0.1) is 19.3 Å². The summed E-state index contributed by atoms with van der Waals surface area (Å²) < 4.78 is 0. The van der Waals surface area contributed by atoms with E-state index >= 15 is 0 Å². The first-order valence-corrected chi connectivity index (χ1v) is 8.42. The smallest absolute Gasteiger partial charge is 0.00437 e. The Balaban J connectivity index is 1.94. The Morgan fingerprint density at radius 1 is 1.10 bits per heavy atom. The van der Waals surface area contributed by atoms with E-state index in [4.69, 9.17) is 0 Å². The van der Waals surface area contributed by atoms with Crippen molar-refractivity contribution in [3.63, 3.8) is 0 Å². The summed E-state index contributed by atoms with van der Waals surface area (Å²) in [6.07, 6.45) is 9.79. The molecular weight excluding hydrogens is 242 g/mol. The molecule has 0 heterocycles. The molecule has 1 heteroatoms. The molecule has 0 amide bonds. The zero-order chi connectivity index (χ0) is 14.4. The zero-order valence-electron chi connectivity index (χ0n) is 13.6. The molecule has 1 aromatic rings. The van der Waals surface area contributed by atoms with Crippen molar-refractivity contribution in [2.75, 3.05) is 13.1 Å². The molecule has 0 bridgehead atoms. The fourth-order valence-electron chi connectivity index (χ4n) is 3.81. The molecule has 1 N–H and O–H groups in total. The van der Waals surface area contributed by atoms with Crippen molar-refractivity contribution in [1.29, 1.82) is 0 Å². The Labute approximate surface area is 125 Å². The number of rotatable bonds is 7. The maximum atomic E-state index is 3.52. The van der Waals surface area contributed by atoms with Gasteiger partial charge in [-0.1, -0.05) is 43.5 Å². The molecule has 0 saturated heterocycles. The van der Waals surface area contributed by atoms with Crippen LogP contribution in [-0.2, 0) is 6.42 Å². The minimum atomic E-state index is 0.625. The highest BCUT2D eigenvalue weighted by molar-refractivity contribution is 5.30. The quantitative estimate of drug-likeness (QED) is 0.704. The van der Waals surface area contributed by atoms with E-state index in [1.807, 2.05) is 0 Å². The van der Waals surface area contributed by atoms with E-state index in [1.165, 1.54) is 62.6 Å². The third kappa shape index (κ3) is 4.09. The van der Waals surface area contributed by atoms with Crippen molar-refractivity contribution in [3.8, 4) is 0 Å². The molecule has 1 aromatic carbocycles. The fourth-order valence-corrected chi connectivity index (χ4v) is 3.81. The predicted octanol–water partition coefficient (Wildman–Crippen LogP) is 4.80. The molecule has 0 radical (unpaired) electrons. The van der Waals surface area contributed by atoms with E-state index in [-0.39, 0.29) is 0 Å². The molecule has 1 fully saturated rings. The summed E-state index contributed by atoms with van der Waals surface area (Å²) in [7, 11) is 0. The van der Waals surface area contributed by atoms with Crippen molar-refractivity contribution < 1.29 is 0 Å². The van der Waals surface area contributed by atoms with Crippen molar-refractivity contribution in [3.05, 3.63) is 34.9 Å². The molecule has 0 spiro atoms. The number of aryl methyl sites for hydroxylation is 3. The second-order valence-corrected chi connectivity index (χ2v) is 6.74. The van der Waals surface area contributed by atoms with E-state index in [9.17, 15) is 0 Å². The van der Waals surface area contributed by atoms with Crippen LogP contribution in [-0.4, -0.2) is 13.1 Å². The zero-order valence-corrected chi connectivity index (χ0v) is 13.6. The maximum Gasteiger partial charge on any atom is -0.00437 e. The molecule has 0 unspecified atom stereocenters. The Bertz CT molecular complexity index is 416. The summed E-state index contributed by atoms with van der Waals surface area (Å²) in [5.41, 5.74) is 5.04. The summed E-state index contributed by atoms with van der Waals surface area (Å²) in [6, 6.07) is 6.94. The van der Waals surface area contributed by atoms with Crippen LogP contribution in [0.15, 0.2) is 18.2 Å². The van der Waals surface area contributed by atoms with Crippen LogP contribution < -0.4 is 5.32 Å². The van der Waals surface area contributed by atoms with Gasteiger partial charge in [-0.25, -0.2) is 0 Å². The first kappa shape index (κ1) is 15.6. The van der Waals surface area contributed by atoms with Crippen LogP contribution in [0.5, 0.6) is 0 Å². The van der Waals surface area contributed by atoms with Crippen molar-refractivity contribution >= 4 is 0 Å². The molecule has 2 rings (SSSR count). The Hall–Kier alpha value is -0.820. The van der Waals surface area contributed by atoms with Crippen LogP contribution in [0.4, 0.5) is 0 Å². The van der Waals surface area contributed by atoms with Crippen LogP contribution in [0.2, 0.25) is 0 Å². The molecule has 20 heavy (non-hydrogen) atoms. The predicted molar refractivity (Wildman–Crippen MR) is 88.3 cm³/mol. The Kier molecular flexibility index (Phi) is 5.65. The van der Waals surface area contributed by atoms with Crippen molar-refractivity contribution in [1.82, 2.24) is 5.32 Å². The van der Waals surface area contributed by atoms with Gasteiger partial charge in [-0.2, -0.15) is 0 Å². The highest BCUT2D eigenvalue weighted by atomic mass is 14.8. The number of hydrogen-bond acceptors (Lipinski definition) is 1. The lowest BCUT2D eigenvalue weighted by atomic mass is 9.77. The lowest BCUT2D eigenvalue weighted by molar-refractivity contribution is 0.246. The van der Waals surface area contributed by atoms with Crippen LogP contribution in [0.1, 0.15) is 62.1 Å². The third-order valence-corrected chi connectivity index (χ3v) is 5.17. The summed E-state index contributed by atoms with van der Waals surface area (Å²) in [4.78, 5) is 0. The molecule has 0 aromatic heterocycles. The molecule has 1 saturated carbocycles. The molecule has 1 aliphatic carbocycles. The second-order valence-electron chi connectivity index (χ2n) is 6.74. The lowest BCUT2D eigenvalue weighted by Crippen LogP contribution is -2.25. The van der Waals surface area contributed by atoms with Crippen molar-refractivity contribution in [2.24, 2.45) is 5.41 Å². The standard InChI is InChI=1S/C19H31N/c1-4-20-14-13-19(10-5-6-11-19)12-9-18-8-7-16(2)15-17(18)3/h7-8,15,20H,4-6,9-14H2,1-3H3. The topological polar surface area (TPSA) is 12.0 Å². The van der Waals surface area contributed by atoms with E-state index in [0.717, 1.165) is 6.54 Å². The molecule has 112 valence electrons. The van der Waals surface area contributed by atoms with Gasteiger partial charge in [0, 0.05) is 0 Å². The minimum Gasteiger partial charge on any atom is -0.317 e. The van der Waals surface area contributed by atoms with Crippen LogP contribution >= 0.6 is 0 Å². The van der Waals surface area contributed by atoms with Gasteiger partial charge in [0.2, 0.25) is 0 Å².